The van der Waals surface area contributed by atoms with Gasteiger partial charge in [0.05, 0.1) is 11.2 Å². The molecule has 0 unspecified atom stereocenters. The molecular weight excluding hydrogens is 374 g/mol. The monoisotopic (exact) mass is 389 g/mol. The van der Waals surface area contributed by atoms with Gasteiger partial charge in [0, 0.05) is 29.6 Å². The van der Waals surface area contributed by atoms with Gasteiger partial charge in [0.25, 0.3) is 0 Å². The molecule has 2 N–H and O–H groups in total. The summed E-state index contributed by atoms with van der Waals surface area (Å²) in [5, 5.41) is 1.05. The summed E-state index contributed by atoms with van der Waals surface area (Å²) >= 11 is 5.96. The van der Waals surface area contributed by atoms with Crippen LogP contribution in [-0.4, -0.2) is 15.8 Å². The van der Waals surface area contributed by atoms with Crippen molar-refractivity contribution in [1.82, 2.24) is 9.97 Å². The van der Waals surface area contributed by atoms with Gasteiger partial charge in [-0.3, -0.25) is 4.79 Å². The van der Waals surface area contributed by atoms with Crippen LogP contribution in [0.1, 0.15) is 15.9 Å². The third kappa shape index (κ3) is 3.66. The fourth-order valence-corrected chi connectivity index (χ4v) is 3.10. The van der Waals surface area contributed by atoms with Crippen LogP contribution in [0.25, 0.3) is 10.9 Å². The van der Waals surface area contributed by atoms with Crippen LogP contribution in [0.5, 0.6) is 11.6 Å². The van der Waals surface area contributed by atoms with Crippen LogP contribution < -0.4 is 10.5 Å². The Balaban J connectivity index is 1.69. The molecule has 0 fully saturated rings. The lowest BCUT2D eigenvalue weighted by Gasteiger charge is -2.10. The van der Waals surface area contributed by atoms with Crippen molar-refractivity contribution in [3.8, 4) is 11.6 Å². The molecule has 138 valence electrons. The maximum absolute atomic E-state index is 13.0. The predicted octanol–water partition coefficient (Wildman–Crippen LogP) is 5.08. The van der Waals surface area contributed by atoms with E-state index in [9.17, 15) is 4.79 Å². The minimum Gasteiger partial charge on any atom is -0.439 e. The van der Waals surface area contributed by atoms with Crippen molar-refractivity contribution in [2.45, 2.75) is 6.42 Å². The Bertz CT molecular complexity index is 1160. The van der Waals surface area contributed by atoms with Crippen molar-refractivity contribution < 1.29 is 9.53 Å². The van der Waals surface area contributed by atoms with E-state index in [-0.39, 0.29) is 17.4 Å². The van der Waals surface area contributed by atoms with Gasteiger partial charge in [-0.1, -0.05) is 41.9 Å². The zero-order chi connectivity index (χ0) is 19.5. The number of carbonyl (C=O) groups is 1. The number of halogens is 1. The van der Waals surface area contributed by atoms with Gasteiger partial charge in [-0.25, -0.2) is 9.97 Å². The van der Waals surface area contributed by atoms with Crippen molar-refractivity contribution >= 4 is 34.0 Å². The number of nitrogen functional groups attached to an aromatic ring is 1. The summed E-state index contributed by atoms with van der Waals surface area (Å²) in [7, 11) is 0. The second-order valence-corrected chi connectivity index (χ2v) is 6.57. The number of benzene rings is 2. The second-order valence-electron chi connectivity index (χ2n) is 6.22. The summed E-state index contributed by atoms with van der Waals surface area (Å²) < 4.78 is 5.81. The number of nitrogens with zero attached hydrogens (tertiary/aromatic N) is 2. The fraction of sp³-hybridized carbons (Fsp3) is 0.0455. The first-order chi connectivity index (χ1) is 13.6. The Hall–Kier alpha value is -3.44. The van der Waals surface area contributed by atoms with E-state index < -0.39 is 0 Å². The molecule has 28 heavy (non-hydrogen) atoms. The Labute approximate surface area is 166 Å². The number of aromatic nitrogens is 2. The zero-order valence-electron chi connectivity index (χ0n) is 14.8. The predicted molar refractivity (Wildman–Crippen MR) is 110 cm³/mol. The van der Waals surface area contributed by atoms with E-state index in [4.69, 9.17) is 22.1 Å². The summed E-state index contributed by atoms with van der Waals surface area (Å²) in [5.74, 6) is 0.992. The Kier molecular flexibility index (Phi) is 4.91. The van der Waals surface area contributed by atoms with Crippen LogP contribution in [0.2, 0.25) is 5.15 Å². The fourth-order valence-electron chi connectivity index (χ4n) is 2.93. The number of ether oxygens (including phenoxy) is 1. The quantitative estimate of drug-likeness (QED) is 0.380. The normalized spacial score (nSPS) is 10.8. The van der Waals surface area contributed by atoms with Gasteiger partial charge in [-0.05, 0) is 35.9 Å². The molecule has 4 rings (SSSR count). The van der Waals surface area contributed by atoms with Crippen molar-refractivity contribution in [1.29, 1.82) is 0 Å². The highest BCUT2D eigenvalue weighted by Gasteiger charge is 2.15. The minimum absolute atomic E-state index is 0.107. The number of carbonyl (C=O) groups excluding carboxylic acids is 1. The van der Waals surface area contributed by atoms with Crippen LogP contribution in [0.4, 0.5) is 5.69 Å². The molecule has 6 heteroatoms. The molecule has 0 radical (unpaired) electrons. The second kappa shape index (κ2) is 7.66. The zero-order valence-corrected chi connectivity index (χ0v) is 15.6. The topological polar surface area (TPSA) is 78.1 Å². The van der Waals surface area contributed by atoms with Gasteiger partial charge in [0.1, 0.15) is 5.75 Å². The van der Waals surface area contributed by atoms with E-state index in [0.29, 0.717) is 34.0 Å². The van der Waals surface area contributed by atoms with Gasteiger partial charge in [-0.15, -0.1) is 0 Å². The number of fused-ring (bicyclic) bond motifs is 1. The van der Waals surface area contributed by atoms with Gasteiger partial charge in [0.2, 0.25) is 5.88 Å². The van der Waals surface area contributed by atoms with E-state index in [0.717, 1.165) is 5.39 Å². The van der Waals surface area contributed by atoms with Gasteiger partial charge >= 0.3 is 0 Å². The summed E-state index contributed by atoms with van der Waals surface area (Å²) in [6, 6.07) is 20.2. The Morgan fingerprint density at radius 1 is 1.00 bits per heavy atom. The molecule has 2 aromatic carbocycles. The molecule has 0 saturated heterocycles. The Morgan fingerprint density at radius 3 is 2.64 bits per heavy atom. The van der Waals surface area contributed by atoms with Crippen LogP contribution in [0.15, 0.2) is 72.9 Å². The lowest BCUT2D eigenvalue weighted by Crippen LogP contribution is -2.08. The molecule has 0 bridgehead atoms. The van der Waals surface area contributed by atoms with Crippen molar-refractivity contribution in [3.63, 3.8) is 0 Å². The molecule has 0 aliphatic rings. The third-order valence-electron chi connectivity index (χ3n) is 4.34. The van der Waals surface area contributed by atoms with E-state index in [2.05, 4.69) is 9.97 Å². The van der Waals surface area contributed by atoms with Crippen molar-refractivity contribution in [3.05, 3.63) is 89.2 Å². The van der Waals surface area contributed by atoms with E-state index in [1.807, 2.05) is 48.5 Å². The maximum atomic E-state index is 13.0. The lowest BCUT2D eigenvalue weighted by molar-refractivity contribution is 0.0994. The number of rotatable bonds is 5. The number of pyridine rings is 2. The third-order valence-corrected chi connectivity index (χ3v) is 4.64. The summed E-state index contributed by atoms with van der Waals surface area (Å²) in [5.41, 5.74) is 7.99. The standard InChI is InChI=1S/C22H16ClN3O2/c23-22-20(24)15(11-12-25-22)13-18(27)17-8-4-5-14-9-10-19(26-21(14)17)28-16-6-2-1-3-7-16/h1-12H,13,24H2. The van der Waals surface area contributed by atoms with Crippen molar-refractivity contribution in [2.75, 3.05) is 5.73 Å². The van der Waals surface area contributed by atoms with Crippen molar-refractivity contribution in [2.24, 2.45) is 0 Å². The average Bonchev–Trinajstić information content (AvgIpc) is 2.71. The number of anilines is 1. The molecule has 0 aliphatic heterocycles. The first kappa shape index (κ1) is 17.9. The molecule has 0 amide bonds. The number of hydrogen-bond acceptors (Lipinski definition) is 5. The smallest absolute Gasteiger partial charge is 0.219 e. The van der Waals surface area contributed by atoms with Gasteiger partial charge < -0.3 is 10.5 Å². The molecule has 5 nitrogen and oxygen atoms in total. The SMILES string of the molecule is Nc1c(CC(=O)c2cccc3ccc(Oc4ccccc4)nc23)ccnc1Cl. The first-order valence-electron chi connectivity index (χ1n) is 8.66. The molecule has 0 spiro atoms. The molecule has 2 heterocycles. The molecular formula is C22H16ClN3O2. The highest BCUT2D eigenvalue weighted by molar-refractivity contribution is 6.32. The number of para-hydroxylation sites is 2. The largest absolute Gasteiger partial charge is 0.439 e. The molecule has 0 saturated carbocycles. The van der Waals surface area contributed by atoms with E-state index in [1.54, 1.807) is 18.2 Å². The highest BCUT2D eigenvalue weighted by atomic mass is 35.5. The van der Waals surface area contributed by atoms with Crippen LogP contribution in [0, 0.1) is 0 Å². The average molecular weight is 390 g/mol. The van der Waals surface area contributed by atoms with E-state index in [1.165, 1.54) is 6.20 Å². The Morgan fingerprint density at radius 2 is 1.82 bits per heavy atom. The number of ketones is 1. The lowest BCUT2D eigenvalue weighted by atomic mass is 10.0. The van der Waals surface area contributed by atoms with Crippen LogP contribution >= 0.6 is 11.6 Å². The van der Waals surface area contributed by atoms with Crippen LogP contribution in [0.3, 0.4) is 0 Å². The number of Topliss-reactive ketones (excluding diaryl/α,β-unsaturated/α-hetero) is 1. The maximum Gasteiger partial charge on any atom is 0.219 e. The molecule has 0 atom stereocenters. The summed E-state index contributed by atoms with van der Waals surface area (Å²) in [6.07, 6.45) is 1.65. The molecule has 2 aromatic heterocycles. The van der Waals surface area contributed by atoms with E-state index >= 15 is 0 Å². The molecule has 0 aliphatic carbocycles. The van der Waals surface area contributed by atoms with Gasteiger partial charge in [0.15, 0.2) is 10.9 Å². The summed E-state index contributed by atoms with van der Waals surface area (Å²) in [4.78, 5) is 21.4. The first-order valence-corrected chi connectivity index (χ1v) is 9.04. The minimum atomic E-state index is -0.107. The number of hydrogen-bond donors (Lipinski definition) is 1. The highest BCUT2D eigenvalue weighted by Crippen LogP contribution is 2.26. The summed E-state index contributed by atoms with van der Waals surface area (Å²) in [6.45, 7) is 0. The van der Waals surface area contributed by atoms with Gasteiger partial charge in [-0.2, -0.15) is 0 Å². The molecule has 4 aromatic rings. The number of nitrogens with two attached hydrogens (primary N) is 1. The van der Waals surface area contributed by atoms with Crippen LogP contribution in [-0.2, 0) is 6.42 Å².